The zero-order valence-corrected chi connectivity index (χ0v) is 15.2. The molecule has 0 fully saturated rings. The highest BCUT2D eigenvalue weighted by molar-refractivity contribution is 7.92. The Morgan fingerprint density at radius 2 is 1.73 bits per heavy atom. The first kappa shape index (κ1) is 17.9. The van der Waals surface area contributed by atoms with Crippen molar-refractivity contribution in [2.45, 2.75) is 31.7 Å². The van der Waals surface area contributed by atoms with Gasteiger partial charge in [-0.05, 0) is 49.2 Å². The lowest BCUT2D eigenvalue weighted by Crippen LogP contribution is -2.24. The van der Waals surface area contributed by atoms with Crippen molar-refractivity contribution in [1.29, 1.82) is 0 Å². The fraction of sp³-hybridized carbons (Fsp3) is 0.222. The molecule has 0 aliphatic heterocycles. The molecule has 7 nitrogen and oxygen atoms in total. The lowest BCUT2D eigenvalue weighted by molar-refractivity contribution is 0.421. The van der Waals surface area contributed by atoms with Crippen LogP contribution in [0.5, 0.6) is 0 Å². The van der Waals surface area contributed by atoms with Crippen molar-refractivity contribution in [3.05, 3.63) is 69.0 Å². The van der Waals surface area contributed by atoms with Crippen molar-refractivity contribution in [2.24, 2.45) is 0 Å². The van der Waals surface area contributed by atoms with Crippen LogP contribution in [0.15, 0.2) is 61.4 Å². The summed E-state index contributed by atoms with van der Waals surface area (Å²) in [5, 5.41) is 0.0376. The smallest absolute Gasteiger partial charge is 0.372 e. The molecular weight excluding hydrogens is 356 g/mol. The van der Waals surface area contributed by atoms with Gasteiger partial charge in [-0.15, -0.1) is 0 Å². The summed E-state index contributed by atoms with van der Waals surface area (Å²) >= 11 is 0. The third-order valence-corrected chi connectivity index (χ3v) is 5.50. The highest BCUT2D eigenvalue weighted by Gasteiger charge is 2.17. The van der Waals surface area contributed by atoms with Crippen LogP contribution in [0.3, 0.4) is 0 Å². The van der Waals surface area contributed by atoms with Gasteiger partial charge in [0.25, 0.3) is 10.0 Å². The van der Waals surface area contributed by atoms with E-state index in [1.54, 1.807) is 19.1 Å². The first-order valence-corrected chi connectivity index (χ1v) is 9.63. The molecular formula is C18H18N2O5S. The average molecular weight is 374 g/mol. The summed E-state index contributed by atoms with van der Waals surface area (Å²) in [5.74, 6) is -0.769. The molecule has 0 spiro atoms. The fourth-order valence-electron chi connectivity index (χ4n) is 2.69. The molecule has 3 rings (SSSR count). The van der Waals surface area contributed by atoms with Gasteiger partial charge < -0.3 is 4.42 Å². The van der Waals surface area contributed by atoms with E-state index in [2.05, 4.69) is 9.14 Å². The molecule has 2 aromatic carbocycles. The zero-order chi connectivity index (χ0) is 18.9. The largest absolute Gasteiger partial charge is 0.422 e. The maximum atomic E-state index is 12.6. The van der Waals surface area contributed by atoms with Crippen LogP contribution in [0.4, 0.5) is 5.69 Å². The Morgan fingerprint density at radius 1 is 1.04 bits per heavy atom. The zero-order valence-electron chi connectivity index (χ0n) is 14.4. The number of aromatic nitrogens is 1. The van der Waals surface area contributed by atoms with Gasteiger partial charge in [0.05, 0.1) is 15.8 Å². The number of rotatable bonds is 5. The number of aryl methyl sites for hydroxylation is 2. The van der Waals surface area contributed by atoms with Gasteiger partial charge in [0.1, 0.15) is 0 Å². The Hall–Kier alpha value is -2.87. The molecule has 0 radical (unpaired) electrons. The van der Waals surface area contributed by atoms with Crippen LogP contribution in [0.1, 0.15) is 19.4 Å². The van der Waals surface area contributed by atoms with Crippen LogP contribution in [-0.2, 0) is 23.0 Å². The van der Waals surface area contributed by atoms with E-state index in [0.29, 0.717) is 17.7 Å². The van der Waals surface area contributed by atoms with Crippen molar-refractivity contribution < 1.29 is 12.8 Å². The molecule has 0 saturated heterocycles. The number of nitrogens with one attached hydrogen (secondary N) is 1. The number of fused-ring (bicyclic) bond motifs is 1. The molecule has 0 saturated carbocycles. The molecule has 0 aliphatic rings. The van der Waals surface area contributed by atoms with Gasteiger partial charge in [0.2, 0.25) is 0 Å². The summed E-state index contributed by atoms with van der Waals surface area (Å²) in [6.45, 7) is 4.04. The number of nitrogens with zero attached hydrogens (tertiary/aromatic N) is 1. The van der Waals surface area contributed by atoms with Crippen LogP contribution < -0.4 is 16.1 Å². The second-order valence-electron chi connectivity index (χ2n) is 5.73. The molecule has 136 valence electrons. The van der Waals surface area contributed by atoms with E-state index in [-0.39, 0.29) is 10.3 Å². The van der Waals surface area contributed by atoms with Crippen LogP contribution in [0.2, 0.25) is 0 Å². The second-order valence-corrected chi connectivity index (χ2v) is 7.42. The van der Waals surface area contributed by atoms with Crippen LogP contribution >= 0.6 is 0 Å². The molecule has 0 bridgehead atoms. The second kappa shape index (κ2) is 6.80. The van der Waals surface area contributed by atoms with E-state index in [1.807, 2.05) is 19.1 Å². The number of benzene rings is 2. The third-order valence-electron chi connectivity index (χ3n) is 4.12. The van der Waals surface area contributed by atoms with Crippen molar-refractivity contribution in [1.82, 2.24) is 4.57 Å². The highest BCUT2D eigenvalue weighted by atomic mass is 32.2. The maximum Gasteiger partial charge on any atom is 0.422 e. The van der Waals surface area contributed by atoms with Gasteiger partial charge >= 0.3 is 11.4 Å². The molecule has 26 heavy (non-hydrogen) atoms. The summed E-state index contributed by atoms with van der Waals surface area (Å²) in [4.78, 5) is 23.6. The van der Waals surface area contributed by atoms with Crippen LogP contribution in [0, 0.1) is 0 Å². The molecule has 0 amide bonds. The minimum Gasteiger partial charge on any atom is -0.372 e. The van der Waals surface area contributed by atoms with Gasteiger partial charge in [0, 0.05) is 12.2 Å². The molecule has 3 aromatic rings. The predicted molar refractivity (Wildman–Crippen MR) is 99.0 cm³/mol. The van der Waals surface area contributed by atoms with Gasteiger partial charge in [-0.25, -0.2) is 18.0 Å². The maximum absolute atomic E-state index is 12.6. The van der Waals surface area contributed by atoms with Gasteiger partial charge in [-0.2, -0.15) is 0 Å². The topological polar surface area (TPSA) is 98.4 Å². The molecule has 8 heteroatoms. The number of sulfonamides is 1. The van der Waals surface area contributed by atoms with Crippen molar-refractivity contribution in [3.8, 4) is 0 Å². The van der Waals surface area contributed by atoms with E-state index >= 15 is 0 Å². The minimum absolute atomic E-state index is 0.0376. The Labute approximate surface area is 149 Å². The Kier molecular flexibility index (Phi) is 4.69. The molecule has 0 unspecified atom stereocenters. The van der Waals surface area contributed by atoms with E-state index < -0.39 is 21.4 Å². The summed E-state index contributed by atoms with van der Waals surface area (Å²) in [6, 6.07) is 11.1. The predicted octanol–water partition coefficient (Wildman–Crippen LogP) is 2.34. The standard InChI is InChI=1S/C18H18N2O5S/c1-3-12-5-7-13(8-6-12)19-26(23,24)14-9-10-16-15(11-14)17(21)25-18(22)20(16)4-2/h5-11,19H,3-4H2,1-2H3. The number of anilines is 1. The van der Waals surface area contributed by atoms with Crippen LogP contribution in [-0.4, -0.2) is 13.0 Å². The lowest BCUT2D eigenvalue weighted by atomic mass is 10.2. The molecule has 0 atom stereocenters. The van der Waals surface area contributed by atoms with Crippen molar-refractivity contribution in [2.75, 3.05) is 4.72 Å². The van der Waals surface area contributed by atoms with E-state index in [9.17, 15) is 18.0 Å². The van der Waals surface area contributed by atoms with E-state index in [1.165, 1.54) is 22.8 Å². The van der Waals surface area contributed by atoms with Crippen LogP contribution in [0.25, 0.3) is 10.9 Å². The summed E-state index contributed by atoms with van der Waals surface area (Å²) in [5.41, 5.74) is 0.987. The molecule has 0 aliphatic carbocycles. The van der Waals surface area contributed by atoms with Crippen molar-refractivity contribution >= 4 is 26.6 Å². The quantitative estimate of drug-likeness (QED) is 0.739. The van der Waals surface area contributed by atoms with E-state index in [0.717, 1.165) is 12.0 Å². The Morgan fingerprint density at radius 3 is 2.35 bits per heavy atom. The highest BCUT2D eigenvalue weighted by Crippen LogP contribution is 2.20. The summed E-state index contributed by atoms with van der Waals surface area (Å²) in [6.07, 6.45) is 0.854. The van der Waals surface area contributed by atoms with Gasteiger partial charge in [-0.3, -0.25) is 9.29 Å². The van der Waals surface area contributed by atoms with Crippen molar-refractivity contribution in [3.63, 3.8) is 0 Å². The Balaban J connectivity index is 2.06. The first-order valence-electron chi connectivity index (χ1n) is 8.15. The number of hydrogen-bond donors (Lipinski definition) is 1. The van der Waals surface area contributed by atoms with E-state index in [4.69, 9.17) is 0 Å². The van der Waals surface area contributed by atoms with Gasteiger partial charge in [-0.1, -0.05) is 19.1 Å². The molecule has 1 heterocycles. The Bertz CT molecular complexity index is 1170. The monoisotopic (exact) mass is 374 g/mol. The third kappa shape index (κ3) is 3.28. The first-order chi connectivity index (χ1) is 12.4. The lowest BCUT2D eigenvalue weighted by Gasteiger charge is -2.10. The minimum atomic E-state index is -3.89. The number of hydrogen-bond acceptors (Lipinski definition) is 5. The summed E-state index contributed by atoms with van der Waals surface area (Å²) in [7, 11) is -3.89. The SMILES string of the molecule is CCc1ccc(NS(=O)(=O)c2ccc3c(c2)c(=O)oc(=O)n3CC)cc1. The molecule has 1 aromatic heterocycles. The summed E-state index contributed by atoms with van der Waals surface area (Å²) < 4.78 is 33.6. The van der Waals surface area contributed by atoms with Gasteiger partial charge in [0.15, 0.2) is 0 Å². The normalized spacial score (nSPS) is 11.6. The average Bonchev–Trinajstić information content (AvgIpc) is 2.62. The molecule has 1 N–H and O–H groups in total. The fourth-order valence-corrected chi connectivity index (χ4v) is 3.78.